The molecule has 0 aliphatic carbocycles. The van der Waals surface area contributed by atoms with Gasteiger partial charge < -0.3 is 0 Å². The van der Waals surface area contributed by atoms with E-state index >= 15 is 0 Å². The lowest BCUT2D eigenvalue weighted by Crippen LogP contribution is -2.45. The van der Waals surface area contributed by atoms with Crippen LogP contribution in [0.25, 0.3) is 0 Å². The van der Waals surface area contributed by atoms with Gasteiger partial charge in [0.15, 0.2) is 0 Å². The van der Waals surface area contributed by atoms with Crippen LogP contribution in [0.3, 0.4) is 0 Å². The highest BCUT2D eigenvalue weighted by Crippen LogP contribution is 2.31. The average molecular weight is 286 g/mol. The van der Waals surface area contributed by atoms with E-state index in [0.717, 1.165) is 6.42 Å². The topological polar surface area (TPSA) is 6.48 Å². The molecule has 0 unspecified atom stereocenters. The van der Waals surface area contributed by atoms with Crippen molar-refractivity contribution in [3.05, 3.63) is 35.4 Å². The van der Waals surface area contributed by atoms with Crippen LogP contribution in [-0.4, -0.2) is 36.0 Å². The second-order valence-electron chi connectivity index (χ2n) is 6.67. The lowest BCUT2D eigenvalue weighted by molar-refractivity contribution is 0.0156. The Labute approximate surface area is 130 Å². The maximum Gasteiger partial charge on any atom is 0.0886 e. The number of likely N-dealkylation sites (tertiary alicyclic amines) is 2. The zero-order valence-corrected chi connectivity index (χ0v) is 13.6. The zero-order chi connectivity index (χ0) is 14.5. The smallest absolute Gasteiger partial charge is 0.0886 e. The summed E-state index contributed by atoms with van der Waals surface area (Å²) in [4.78, 5) is 5.48. The summed E-state index contributed by atoms with van der Waals surface area (Å²) >= 11 is 0. The molecule has 0 amide bonds. The van der Waals surface area contributed by atoms with Gasteiger partial charge in [0.05, 0.1) is 6.17 Å². The van der Waals surface area contributed by atoms with Crippen molar-refractivity contribution in [3.63, 3.8) is 0 Å². The van der Waals surface area contributed by atoms with Crippen molar-refractivity contribution in [3.8, 4) is 0 Å². The maximum atomic E-state index is 2.74. The van der Waals surface area contributed by atoms with Crippen LogP contribution >= 0.6 is 0 Å². The van der Waals surface area contributed by atoms with Crippen LogP contribution < -0.4 is 0 Å². The van der Waals surface area contributed by atoms with Crippen molar-refractivity contribution in [2.75, 3.05) is 26.2 Å². The molecule has 2 nitrogen and oxygen atoms in total. The van der Waals surface area contributed by atoms with Gasteiger partial charge in [0.1, 0.15) is 0 Å². The summed E-state index contributed by atoms with van der Waals surface area (Å²) in [6.07, 6.45) is 9.99. The Hall–Kier alpha value is -0.860. The van der Waals surface area contributed by atoms with Crippen molar-refractivity contribution in [2.45, 2.75) is 58.0 Å². The first-order valence-electron chi connectivity index (χ1n) is 8.95. The summed E-state index contributed by atoms with van der Waals surface area (Å²) < 4.78 is 0. The molecule has 3 rings (SSSR count). The SMILES string of the molecule is CCc1cccc(C(N2CCCCC2)N2CCCCC2)c1. The van der Waals surface area contributed by atoms with Gasteiger partial charge in [-0.15, -0.1) is 0 Å². The molecule has 0 radical (unpaired) electrons. The molecule has 0 atom stereocenters. The van der Waals surface area contributed by atoms with E-state index in [1.165, 1.54) is 75.8 Å². The van der Waals surface area contributed by atoms with Gasteiger partial charge >= 0.3 is 0 Å². The van der Waals surface area contributed by atoms with E-state index in [9.17, 15) is 0 Å². The molecule has 0 spiro atoms. The normalized spacial score (nSPS) is 21.8. The molecule has 0 aromatic heterocycles. The van der Waals surface area contributed by atoms with E-state index in [-0.39, 0.29) is 0 Å². The molecule has 1 aromatic rings. The van der Waals surface area contributed by atoms with Gasteiger partial charge in [0, 0.05) is 0 Å². The quantitative estimate of drug-likeness (QED) is 0.817. The maximum absolute atomic E-state index is 2.74. The number of aryl methyl sites for hydroxylation is 1. The van der Waals surface area contributed by atoms with E-state index < -0.39 is 0 Å². The van der Waals surface area contributed by atoms with Crippen LogP contribution in [-0.2, 0) is 6.42 Å². The Bertz CT molecular complexity index is 413. The van der Waals surface area contributed by atoms with Crippen LogP contribution in [0.15, 0.2) is 24.3 Å². The van der Waals surface area contributed by atoms with Gasteiger partial charge in [-0.2, -0.15) is 0 Å². The molecule has 0 N–H and O–H groups in total. The predicted molar refractivity (Wildman–Crippen MR) is 89.4 cm³/mol. The molecular formula is C19H30N2. The fourth-order valence-electron chi connectivity index (χ4n) is 3.95. The third-order valence-corrected chi connectivity index (χ3v) is 5.13. The molecule has 0 saturated carbocycles. The third kappa shape index (κ3) is 3.67. The molecule has 2 aliphatic rings. The number of hydrogen-bond donors (Lipinski definition) is 0. The second-order valence-corrected chi connectivity index (χ2v) is 6.67. The fourth-order valence-corrected chi connectivity index (χ4v) is 3.95. The lowest BCUT2D eigenvalue weighted by atomic mass is 10.0. The van der Waals surface area contributed by atoms with E-state index in [1.54, 1.807) is 0 Å². The van der Waals surface area contributed by atoms with Crippen molar-refractivity contribution in [1.29, 1.82) is 0 Å². The Morgan fingerprint density at radius 2 is 1.43 bits per heavy atom. The summed E-state index contributed by atoms with van der Waals surface area (Å²) in [6.45, 7) is 7.36. The minimum absolute atomic E-state index is 0.525. The molecule has 2 saturated heterocycles. The predicted octanol–water partition coefficient (Wildman–Crippen LogP) is 4.22. The number of rotatable bonds is 4. The first kappa shape index (κ1) is 15.1. The van der Waals surface area contributed by atoms with Crippen LogP contribution in [0.1, 0.15) is 62.7 Å². The minimum Gasteiger partial charge on any atom is -0.284 e. The van der Waals surface area contributed by atoms with E-state index in [1.807, 2.05) is 0 Å². The zero-order valence-electron chi connectivity index (χ0n) is 13.6. The molecule has 0 bridgehead atoms. The van der Waals surface area contributed by atoms with Crippen molar-refractivity contribution in [2.24, 2.45) is 0 Å². The summed E-state index contributed by atoms with van der Waals surface area (Å²) in [5, 5.41) is 0. The van der Waals surface area contributed by atoms with Crippen LogP contribution in [0.2, 0.25) is 0 Å². The largest absolute Gasteiger partial charge is 0.284 e. The van der Waals surface area contributed by atoms with Crippen LogP contribution in [0.4, 0.5) is 0 Å². The number of piperidine rings is 2. The summed E-state index contributed by atoms with van der Waals surface area (Å²) in [6, 6.07) is 9.34. The highest BCUT2D eigenvalue weighted by atomic mass is 15.4. The average Bonchev–Trinajstić information content (AvgIpc) is 2.57. The van der Waals surface area contributed by atoms with Gasteiger partial charge in [0.2, 0.25) is 0 Å². The standard InChI is InChI=1S/C19H30N2/c1-2-17-10-9-11-18(16-17)19(20-12-5-3-6-13-20)21-14-7-4-8-15-21/h9-11,16,19H,2-8,12-15H2,1H3. The summed E-state index contributed by atoms with van der Waals surface area (Å²) in [7, 11) is 0. The van der Waals surface area contributed by atoms with Crippen molar-refractivity contribution in [1.82, 2.24) is 9.80 Å². The van der Waals surface area contributed by atoms with Gasteiger partial charge in [-0.1, -0.05) is 44.0 Å². The van der Waals surface area contributed by atoms with E-state index in [0.29, 0.717) is 6.17 Å². The molecule has 1 aromatic carbocycles. The highest BCUT2D eigenvalue weighted by Gasteiger charge is 2.28. The molecule has 116 valence electrons. The molecular weight excluding hydrogens is 256 g/mol. The Morgan fingerprint density at radius 1 is 0.857 bits per heavy atom. The second kappa shape index (κ2) is 7.42. The van der Waals surface area contributed by atoms with E-state index in [4.69, 9.17) is 0 Å². The van der Waals surface area contributed by atoms with Crippen LogP contribution in [0.5, 0.6) is 0 Å². The van der Waals surface area contributed by atoms with Crippen molar-refractivity contribution >= 4 is 0 Å². The molecule has 2 fully saturated rings. The third-order valence-electron chi connectivity index (χ3n) is 5.13. The van der Waals surface area contributed by atoms with Crippen LogP contribution in [0, 0.1) is 0 Å². The summed E-state index contributed by atoms with van der Waals surface area (Å²) in [5.41, 5.74) is 3.00. The summed E-state index contributed by atoms with van der Waals surface area (Å²) in [5.74, 6) is 0. The number of nitrogens with zero attached hydrogens (tertiary/aromatic N) is 2. The van der Waals surface area contributed by atoms with Gasteiger partial charge in [-0.25, -0.2) is 0 Å². The van der Waals surface area contributed by atoms with Gasteiger partial charge in [-0.3, -0.25) is 9.80 Å². The lowest BCUT2D eigenvalue weighted by Gasteiger charge is -2.43. The fraction of sp³-hybridized carbons (Fsp3) is 0.684. The van der Waals surface area contributed by atoms with E-state index in [2.05, 4.69) is 41.0 Å². The minimum atomic E-state index is 0.525. The first-order valence-corrected chi connectivity index (χ1v) is 8.95. The number of benzene rings is 1. The Morgan fingerprint density at radius 3 is 1.95 bits per heavy atom. The Kier molecular flexibility index (Phi) is 5.32. The first-order chi connectivity index (χ1) is 10.4. The Balaban J connectivity index is 1.85. The van der Waals surface area contributed by atoms with Crippen molar-refractivity contribution < 1.29 is 0 Å². The monoisotopic (exact) mass is 286 g/mol. The molecule has 2 aliphatic heterocycles. The molecule has 2 heterocycles. The van der Waals surface area contributed by atoms with Gasteiger partial charge in [-0.05, 0) is 69.4 Å². The molecule has 21 heavy (non-hydrogen) atoms. The highest BCUT2D eigenvalue weighted by molar-refractivity contribution is 5.26. The van der Waals surface area contributed by atoms with Gasteiger partial charge in [0.25, 0.3) is 0 Å². The number of hydrogen-bond acceptors (Lipinski definition) is 2. The molecule has 2 heteroatoms.